The minimum atomic E-state index is -3.42. The molecule has 1 fully saturated rings. The molecule has 1 aromatic carbocycles. The van der Waals surface area contributed by atoms with E-state index in [1.807, 2.05) is 13.0 Å². The van der Waals surface area contributed by atoms with E-state index in [0.717, 1.165) is 25.7 Å². The van der Waals surface area contributed by atoms with E-state index in [9.17, 15) is 12.8 Å². The lowest BCUT2D eigenvalue weighted by Gasteiger charge is -2.16. The molecule has 1 N–H and O–H groups in total. The molecule has 134 valence electrons. The molecule has 2 rings (SSSR count). The molecule has 0 heterocycles. The summed E-state index contributed by atoms with van der Waals surface area (Å²) in [7, 11) is -3.42. The number of benzene rings is 1. The van der Waals surface area contributed by atoms with Gasteiger partial charge in [-0.1, -0.05) is 31.6 Å². The molecular formula is C18H26FNO3S. The van der Waals surface area contributed by atoms with Gasteiger partial charge in [-0.15, -0.1) is 0 Å². The van der Waals surface area contributed by atoms with E-state index in [-0.39, 0.29) is 11.5 Å². The molecule has 4 nitrogen and oxygen atoms in total. The molecule has 0 spiro atoms. The number of halogens is 1. The van der Waals surface area contributed by atoms with E-state index in [1.54, 1.807) is 25.1 Å². The zero-order valence-electron chi connectivity index (χ0n) is 14.3. The Morgan fingerprint density at radius 3 is 2.79 bits per heavy atom. The van der Waals surface area contributed by atoms with Gasteiger partial charge in [0.25, 0.3) is 0 Å². The van der Waals surface area contributed by atoms with Gasteiger partial charge in [-0.25, -0.2) is 17.5 Å². The largest absolute Gasteiger partial charge is 0.490 e. The maximum atomic E-state index is 13.8. The van der Waals surface area contributed by atoms with Gasteiger partial charge in [0, 0.05) is 6.04 Å². The number of allylic oxidation sites excluding steroid dienone is 1. The Hall–Kier alpha value is -1.40. The van der Waals surface area contributed by atoms with Crippen LogP contribution < -0.4 is 9.46 Å². The topological polar surface area (TPSA) is 55.4 Å². The van der Waals surface area contributed by atoms with Gasteiger partial charge in [-0.2, -0.15) is 0 Å². The predicted octanol–water partition coefficient (Wildman–Crippen LogP) is 3.95. The van der Waals surface area contributed by atoms with Crippen LogP contribution in [0.5, 0.6) is 5.75 Å². The Bertz CT molecular complexity index is 669. The molecular weight excluding hydrogens is 329 g/mol. The van der Waals surface area contributed by atoms with Crippen LogP contribution in [0.4, 0.5) is 4.39 Å². The summed E-state index contributed by atoms with van der Waals surface area (Å²) in [5.41, 5.74) is 0.684. The number of ether oxygens (including phenoxy) is 1. The van der Waals surface area contributed by atoms with Crippen LogP contribution in [0, 0.1) is 11.7 Å². The normalized spacial score (nSPS) is 16.5. The minimum Gasteiger partial charge on any atom is -0.490 e. The Labute approximate surface area is 144 Å². The first kappa shape index (κ1) is 18.9. The zero-order chi connectivity index (χ0) is 17.6. The fraction of sp³-hybridized carbons (Fsp3) is 0.556. The third-order valence-electron chi connectivity index (χ3n) is 3.92. The van der Waals surface area contributed by atoms with Crippen LogP contribution in [0.2, 0.25) is 0 Å². The van der Waals surface area contributed by atoms with E-state index in [0.29, 0.717) is 18.1 Å². The van der Waals surface area contributed by atoms with Gasteiger partial charge in [0.05, 0.1) is 12.4 Å². The van der Waals surface area contributed by atoms with Crippen molar-refractivity contribution >= 4 is 10.0 Å². The first-order valence-electron chi connectivity index (χ1n) is 8.48. The summed E-state index contributed by atoms with van der Waals surface area (Å²) in [5, 5.41) is 0. The first-order valence-corrected chi connectivity index (χ1v) is 10.1. The van der Waals surface area contributed by atoms with Gasteiger partial charge in [-0.3, -0.25) is 0 Å². The van der Waals surface area contributed by atoms with Crippen LogP contribution >= 0.6 is 0 Å². The Kier molecular flexibility index (Phi) is 6.80. The molecule has 1 aliphatic rings. The van der Waals surface area contributed by atoms with Gasteiger partial charge in [0.1, 0.15) is 0 Å². The SMILES string of the molecule is CCC/C=C/CS(=O)(=O)N[C@H](C)c1ccc(F)c(OCC2CC2)c1. The second-order valence-electron chi connectivity index (χ2n) is 6.33. The maximum absolute atomic E-state index is 13.8. The van der Waals surface area contributed by atoms with Gasteiger partial charge in [0.2, 0.25) is 10.0 Å². The van der Waals surface area contributed by atoms with Crippen LogP contribution in [0.3, 0.4) is 0 Å². The third kappa shape index (κ3) is 6.24. The summed E-state index contributed by atoms with van der Waals surface area (Å²) < 4.78 is 46.1. The lowest BCUT2D eigenvalue weighted by molar-refractivity contribution is 0.285. The summed E-state index contributed by atoms with van der Waals surface area (Å²) in [6.07, 6.45) is 7.63. The monoisotopic (exact) mass is 355 g/mol. The fourth-order valence-electron chi connectivity index (χ4n) is 2.26. The van der Waals surface area contributed by atoms with Gasteiger partial charge in [0.15, 0.2) is 11.6 Å². The van der Waals surface area contributed by atoms with Crippen molar-refractivity contribution in [3.05, 3.63) is 41.7 Å². The molecule has 0 saturated heterocycles. The maximum Gasteiger partial charge on any atom is 0.215 e. The molecule has 0 unspecified atom stereocenters. The Balaban J connectivity index is 1.97. The van der Waals surface area contributed by atoms with Crippen LogP contribution in [0.15, 0.2) is 30.4 Å². The van der Waals surface area contributed by atoms with E-state index in [4.69, 9.17) is 4.74 Å². The third-order valence-corrected chi connectivity index (χ3v) is 5.26. The standard InChI is InChI=1S/C18H26FNO3S/c1-3-4-5-6-11-24(21,22)20-14(2)16-9-10-17(19)18(12-16)23-13-15-7-8-15/h5-6,9-10,12,14-15,20H,3-4,7-8,11,13H2,1-2H3/b6-5+/t14-/m1/s1. The van der Waals surface area contributed by atoms with Crippen LogP contribution in [-0.4, -0.2) is 20.8 Å². The van der Waals surface area contributed by atoms with E-state index >= 15 is 0 Å². The summed E-state index contributed by atoms with van der Waals surface area (Å²) in [4.78, 5) is 0. The summed E-state index contributed by atoms with van der Waals surface area (Å²) >= 11 is 0. The number of rotatable bonds is 10. The van der Waals surface area contributed by atoms with Crippen molar-refractivity contribution in [3.8, 4) is 5.75 Å². The van der Waals surface area contributed by atoms with Crippen molar-refractivity contribution in [1.29, 1.82) is 0 Å². The van der Waals surface area contributed by atoms with E-state index in [2.05, 4.69) is 4.72 Å². The summed E-state index contributed by atoms with van der Waals surface area (Å²) in [5.74, 6) is 0.243. The molecule has 0 bridgehead atoms. The number of sulfonamides is 1. The molecule has 0 aliphatic heterocycles. The second kappa shape index (κ2) is 8.62. The predicted molar refractivity (Wildman–Crippen MR) is 94.0 cm³/mol. The first-order chi connectivity index (χ1) is 11.4. The van der Waals surface area contributed by atoms with Crippen molar-refractivity contribution in [2.24, 2.45) is 5.92 Å². The van der Waals surface area contributed by atoms with Crippen molar-refractivity contribution < 1.29 is 17.5 Å². The number of nitrogens with one attached hydrogen (secondary N) is 1. The van der Waals surface area contributed by atoms with Gasteiger partial charge < -0.3 is 4.74 Å². The van der Waals surface area contributed by atoms with Crippen molar-refractivity contribution in [2.45, 2.75) is 45.6 Å². The van der Waals surface area contributed by atoms with Crippen molar-refractivity contribution in [2.75, 3.05) is 12.4 Å². The van der Waals surface area contributed by atoms with E-state index in [1.165, 1.54) is 6.07 Å². The van der Waals surface area contributed by atoms with Gasteiger partial charge in [-0.05, 0) is 49.8 Å². The fourth-order valence-corrected chi connectivity index (χ4v) is 3.42. The quantitative estimate of drug-likeness (QED) is 0.647. The molecule has 0 aromatic heterocycles. The summed E-state index contributed by atoms with van der Waals surface area (Å²) in [6, 6.07) is 4.04. The zero-order valence-corrected chi connectivity index (χ0v) is 15.1. The number of hydrogen-bond donors (Lipinski definition) is 1. The van der Waals surface area contributed by atoms with Crippen LogP contribution in [-0.2, 0) is 10.0 Å². The Morgan fingerprint density at radius 2 is 2.12 bits per heavy atom. The molecule has 24 heavy (non-hydrogen) atoms. The molecule has 1 aliphatic carbocycles. The molecule has 1 saturated carbocycles. The molecule has 0 amide bonds. The van der Waals surface area contributed by atoms with Crippen LogP contribution in [0.25, 0.3) is 0 Å². The molecule has 0 radical (unpaired) electrons. The highest BCUT2D eigenvalue weighted by Gasteiger charge is 2.23. The van der Waals surface area contributed by atoms with Crippen LogP contribution in [0.1, 0.15) is 51.1 Å². The number of unbranched alkanes of at least 4 members (excludes halogenated alkanes) is 1. The average Bonchev–Trinajstić information content (AvgIpc) is 3.34. The highest BCUT2D eigenvalue weighted by Crippen LogP contribution is 2.31. The highest BCUT2D eigenvalue weighted by molar-refractivity contribution is 7.89. The average molecular weight is 355 g/mol. The molecule has 6 heteroatoms. The second-order valence-corrected chi connectivity index (χ2v) is 8.12. The lowest BCUT2D eigenvalue weighted by Crippen LogP contribution is -2.28. The van der Waals surface area contributed by atoms with Crippen molar-refractivity contribution in [1.82, 2.24) is 4.72 Å². The molecule has 1 atom stereocenters. The smallest absolute Gasteiger partial charge is 0.215 e. The molecule has 1 aromatic rings. The highest BCUT2D eigenvalue weighted by atomic mass is 32.2. The summed E-state index contributed by atoms with van der Waals surface area (Å²) in [6.45, 7) is 4.30. The van der Waals surface area contributed by atoms with Gasteiger partial charge >= 0.3 is 0 Å². The lowest BCUT2D eigenvalue weighted by atomic mass is 10.1. The van der Waals surface area contributed by atoms with E-state index < -0.39 is 21.9 Å². The Morgan fingerprint density at radius 1 is 1.38 bits per heavy atom. The minimum absolute atomic E-state index is 0.0520. The van der Waals surface area contributed by atoms with Crippen molar-refractivity contribution in [3.63, 3.8) is 0 Å². The number of hydrogen-bond acceptors (Lipinski definition) is 3.